The molecule has 6 heavy (non-hydrogen) atoms. The number of nitrogens with zero attached hydrogens (tertiary/aromatic N) is 1. The number of carbonyl (C=O) groups excluding carboxylic acids is 1. The van der Waals surface area contributed by atoms with Crippen molar-refractivity contribution in [2.24, 2.45) is 4.76 Å². The molecule has 0 heterocycles. The molecule has 0 aliphatic carbocycles. The summed E-state index contributed by atoms with van der Waals surface area (Å²) in [5, 5.41) is 0. The summed E-state index contributed by atoms with van der Waals surface area (Å²) in [5.74, 6) is 0. The van der Waals surface area contributed by atoms with Crippen LogP contribution in [-0.4, -0.2) is 6.08 Å². The lowest BCUT2D eigenvalue weighted by Gasteiger charge is -1.60. The third-order valence-corrected chi connectivity index (χ3v) is 0.401. The molecule has 0 saturated carbocycles. The Morgan fingerprint density at radius 3 is 2.33 bits per heavy atom. The predicted molar refractivity (Wildman–Crippen MR) is 18.2 cm³/mol. The van der Waals surface area contributed by atoms with Crippen LogP contribution < -0.4 is 0 Å². The van der Waals surface area contributed by atoms with Crippen LogP contribution in [0.25, 0.3) is 0 Å². The summed E-state index contributed by atoms with van der Waals surface area (Å²) in [6.07, 6.45) is 0.800. The van der Waals surface area contributed by atoms with E-state index in [0.717, 1.165) is 6.08 Å². The lowest BCUT2D eigenvalue weighted by molar-refractivity contribution is 0.554. The molecular weight excluding hydrogens is 108 g/mol. The molecule has 34 valence electrons. The highest BCUT2D eigenvalue weighted by atomic mass is 31.1. The molecule has 0 aliphatic heterocycles. The van der Waals surface area contributed by atoms with Gasteiger partial charge in [0.1, 0.15) is 0 Å². The van der Waals surface area contributed by atoms with Crippen LogP contribution >= 0.6 is 8.26 Å². The maximum absolute atomic E-state index is 10.8. The minimum atomic E-state index is -3.43. The fraction of sp³-hybridized carbons (Fsp3) is 0. The molecule has 0 radical (unpaired) electrons. The van der Waals surface area contributed by atoms with Crippen LogP contribution in [0.15, 0.2) is 4.76 Å². The average Bonchev–Trinajstić information content (AvgIpc) is 1.35. The van der Waals surface area contributed by atoms with E-state index in [-0.39, 0.29) is 0 Å². The van der Waals surface area contributed by atoms with Crippen molar-refractivity contribution in [3.63, 3.8) is 0 Å². The molecule has 1 unspecified atom stereocenters. The first-order valence-electron chi connectivity index (χ1n) is 1.04. The van der Waals surface area contributed by atoms with E-state index in [1.54, 1.807) is 0 Å². The highest BCUT2D eigenvalue weighted by Gasteiger charge is 1.78. The monoisotopic (exact) mass is 109 g/mol. The topological polar surface area (TPSA) is 46.5 Å². The molecule has 5 heteroatoms. The molecule has 0 aromatic carbocycles. The molecule has 0 amide bonds. The first-order chi connectivity index (χ1) is 2.77. The molecule has 0 aromatic heterocycles. The molecule has 0 aromatic rings. The van der Waals surface area contributed by atoms with Crippen LogP contribution in [-0.2, 0) is 9.36 Å². The summed E-state index contributed by atoms with van der Waals surface area (Å²) >= 11 is 0. The van der Waals surface area contributed by atoms with Crippen LogP contribution in [0.2, 0.25) is 0 Å². The quantitative estimate of drug-likeness (QED) is 0.282. The fourth-order valence-electron chi connectivity index (χ4n) is 0.0359. The van der Waals surface area contributed by atoms with Gasteiger partial charge in [-0.25, -0.2) is 4.79 Å². The van der Waals surface area contributed by atoms with E-state index >= 15 is 0 Å². The van der Waals surface area contributed by atoms with Crippen LogP contribution in [0.1, 0.15) is 0 Å². The first kappa shape index (κ1) is 5.54. The van der Waals surface area contributed by atoms with Crippen molar-refractivity contribution >= 4 is 14.3 Å². The van der Waals surface area contributed by atoms with Gasteiger partial charge in [-0.3, -0.25) is 4.57 Å². The summed E-state index contributed by atoms with van der Waals surface area (Å²) in [5.41, 5.74) is 0. The third kappa shape index (κ3) is 3.54. The smallest absolute Gasteiger partial charge is 0.264 e. The molecule has 0 fully saturated rings. The summed E-state index contributed by atoms with van der Waals surface area (Å²) in [7, 11) is -3.43. The molecular formula is CHFNO2P. The van der Waals surface area contributed by atoms with Crippen LogP contribution in [0, 0.1) is 0 Å². The zero-order valence-electron chi connectivity index (χ0n) is 2.64. The second-order valence-electron chi connectivity index (χ2n) is 0.456. The summed E-state index contributed by atoms with van der Waals surface area (Å²) < 4.78 is 22.2. The van der Waals surface area contributed by atoms with Gasteiger partial charge in [-0.2, -0.15) is 4.20 Å². The summed E-state index contributed by atoms with van der Waals surface area (Å²) in [6.45, 7) is 0. The van der Waals surface area contributed by atoms with Gasteiger partial charge in [0, 0.05) is 0 Å². The Bertz CT molecular complexity index is 106. The van der Waals surface area contributed by atoms with Crippen molar-refractivity contribution in [1.82, 2.24) is 0 Å². The molecule has 0 bridgehead atoms. The van der Waals surface area contributed by atoms with E-state index in [2.05, 4.69) is 4.76 Å². The highest BCUT2D eigenvalue weighted by Crippen LogP contribution is 2.20. The van der Waals surface area contributed by atoms with E-state index < -0.39 is 8.26 Å². The van der Waals surface area contributed by atoms with Crippen molar-refractivity contribution in [3.8, 4) is 0 Å². The Morgan fingerprint density at radius 2 is 2.33 bits per heavy atom. The van der Waals surface area contributed by atoms with Gasteiger partial charge >= 0.3 is 8.26 Å². The van der Waals surface area contributed by atoms with Gasteiger partial charge in [0.25, 0.3) is 0 Å². The van der Waals surface area contributed by atoms with Gasteiger partial charge in [0.05, 0.1) is 0 Å². The molecule has 3 nitrogen and oxygen atoms in total. The van der Waals surface area contributed by atoms with E-state index in [9.17, 15) is 4.20 Å². The maximum Gasteiger partial charge on any atom is 0.350 e. The minimum Gasteiger partial charge on any atom is -0.264 e. The lowest BCUT2D eigenvalue weighted by Crippen LogP contribution is -1.36. The zero-order chi connectivity index (χ0) is 4.99. The largest absolute Gasteiger partial charge is 0.350 e. The van der Waals surface area contributed by atoms with Gasteiger partial charge in [0.15, 0.2) is 0 Å². The molecule has 0 N–H and O–H groups in total. The number of rotatable bonds is 1. The van der Waals surface area contributed by atoms with Gasteiger partial charge in [-0.15, -0.1) is 4.76 Å². The Balaban J connectivity index is 3.60. The van der Waals surface area contributed by atoms with Gasteiger partial charge < -0.3 is 0 Å². The Kier molecular flexibility index (Phi) is 2.55. The Morgan fingerprint density at radius 1 is 1.83 bits per heavy atom. The normalized spacial score (nSPS) is 12.2. The van der Waals surface area contributed by atoms with Gasteiger partial charge in [-0.1, -0.05) is 0 Å². The number of hydrogen-bond acceptors (Lipinski definition) is 2. The van der Waals surface area contributed by atoms with E-state index in [1.165, 1.54) is 0 Å². The molecule has 0 saturated heterocycles. The van der Waals surface area contributed by atoms with Gasteiger partial charge in [-0.05, 0) is 0 Å². The van der Waals surface area contributed by atoms with Crippen molar-refractivity contribution in [2.45, 2.75) is 0 Å². The highest BCUT2D eigenvalue weighted by molar-refractivity contribution is 7.37. The third-order valence-electron chi connectivity index (χ3n) is 0.134. The van der Waals surface area contributed by atoms with E-state index in [4.69, 9.17) is 9.36 Å². The first-order valence-corrected chi connectivity index (χ1v) is 2.28. The van der Waals surface area contributed by atoms with E-state index in [0.29, 0.717) is 0 Å². The molecule has 0 aliphatic rings. The standard InChI is InChI=1S/CHFNO2P/c2-6(5)3-1-4/h6H. The number of isocyanates is 1. The molecule has 0 spiro atoms. The maximum atomic E-state index is 10.8. The summed E-state index contributed by atoms with van der Waals surface area (Å²) in [4.78, 5) is 8.91. The summed E-state index contributed by atoms with van der Waals surface area (Å²) in [6, 6.07) is 0. The van der Waals surface area contributed by atoms with Crippen molar-refractivity contribution in [1.29, 1.82) is 0 Å². The Labute approximate surface area is 33.8 Å². The van der Waals surface area contributed by atoms with Crippen LogP contribution in [0.5, 0.6) is 0 Å². The zero-order valence-corrected chi connectivity index (χ0v) is 3.64. The molecule has 0 rings (SSSR count). The minimum absolute atomic E-state index is 0.800. The lowest BCUT2D eigenvalue weighted by atomic mass is 11.7. The van der Waals surface area contributed by atoms with E-state index in [1.807, 2.05) is 0 Å². The number of hydrogen-bond donors (Lipinski definition) is 0. The Hall–Kier alpha value is -0.460. The SMILES string of the molecule is O=C=N[PH](=O)F. The number of halogens is 1. The predicted octanol–water partition coefficient (Wildman–Crippen LogP) is 0.681. The fourth-order valence-corrected chi connectivity index (χ4v) is 0.108. The average molecular weight is 109 g/mol. The second-order valence-corrected chi connectivity index (χ2v) is 1.19. The molecule has 1 atom stereocenters. The van der Waals surface area contributed by atoms with Gasteiger partial charge in [0.2, 0.25) is 6.08 Å². The second kappa shape index (κ2) is 2.76. The van der Waals surface area contributed by atoms with Crippen LogP contribution in [0.3, 0.4) is 0 Å². The van der Waals surface area contributed by atoms with Crippen molar-refractivity contribution < 1.29 is 13.6 Å². The van der Waals surface area contributed by atoms with Crippen LogP contribution in [0.4, 0.5) is 4.20 Å². The van der Waals surface area contributed by atoms with Crippen molar-refractivity contribution in [2.75, 3.05) is 0 Å². The van der Waals surface area contributed by atoms with Crippen molar-refractivity contribution in [3.05, 3.63) is 0 Å².